The SMILES string of the molecule is CCCCCCC(C)Nc1cc(OC)c([N+](=O)[O-])cc1F. The Balaban J connectivity index is 2.72. The van der Waals surface area contributed by atoms with Crippen molar-refractivity contribution < 1.29 is 14.1 Å². The number of hydrogen-bond acceptors (Lipinski definition) is 4. The molecule has 118 valence electrons. The smallest absolute Gasteiger partial charge is 0.313 e. The van der Waals surface area contributed by atoms with Gasteiger partial charge in [0, 0.05) is 12.1 Å². The Morgan fingerprint density at radius 1 is 1.38 bits per heavy atom. The lowest BCUT2D eigenvalue weighted by molar-refractivity contribution is -0.385. The first-order chi connectivity index (χ1) is 9.99. The van der Waals surface area contributed by atoms with E-state index in [2.05, 4.69) is 12.2 Å². The van der Waals surface area contributed by atoms with Crippen molar-refractivity contribution >= 4 is 11.4 Å². The summed E-state index contributed by atoms with van der Waals surface area (Å²) in [6.45, 7) is 4.12. The second kappa shape index (κ2) is 8.44. The van der Waals surface area contributed by atoms with Crippen LogP contribution < -0.4 is 10.1 Å². The Labute approximate surface area is 124 Å². The summed E-state index contributed by atoms with van der Waals surface area (Å²) < 4.78 is 18.9. The monoisotopic (exact) mass is 298 g/mol. The van der Waals surface area contributed by atoms with Crippen molar-refractivity contribution in [1.29, 1.82) is 0 Å². The number of unbranched alkanes of at least 4 members (excludes halogenated alkanes) is 3. The third kappa shape index (κ3) is 5.21. The molecule has 5 nitrogen and oxygen atoms in total. The van der Waals surface area contributed by atoms with Gasteiger partial charge in [0.05, 0.1) is 23.8 Å². The maximum Gasteiger partial charge on any atom is 0.313 e. The van der Waals surface area contributed by atoms with Gasteiger partial charge in [-0.15, -0.1) is 0 Å². The van der Waals surface area contributed by atoms with Crippen molar-refractivity contribution in [1.82, 2.24) is 0 Å². The van der Waals surface area contributed by atoms with Crippen molar-refractivity contribution in [2.45, 2.75) is 52.0 Å². The van der Waals surface area contributed by atoms with Crippen LogP contribution in [0.5, 0.6) is 5.75 Å². The lowest BCUT2D eigenvalue weighted by atomic mass is 10.1. The van der Waals surface area contributed by atoms with Crippen molar-refractivity contribution in [2.75, 3.05) is 12.4 Å². The van der Waals surface area contributed by atoms with Crippen LogP contribution in [0, 0.1) is 15.9 Å². The third-order valence-corrected chi connectivity index (χ3v) is 3.36. The van der Waals surface area contributed by atoms with Crippen LogP contribution in [0.4, 0.5) is 15.8 Å². The van der Waals surface area contributed by atoms with Gasteiger partial charge >= 0.3 is 5.69 Å². The molecule has 1 unspecified atom stereocenters. The predicted octanol–water partition coefficient (Wildman–Crippen LogP) is 4.51. The molecular weight excluding hydrogens is 275 g/mol. The second-order valence-corrected chi connectivity index (χ2v) is 5.16. The highest BCUT2D eigenvalue weighted by atomic mass is 19.1. The molecule has 1 atom stereocenters. The van der Waals surface area contributed by atoms with Gasteiger partial charge in [0.25, 0.3) is 0 Å². The standard InChI is InChI=1S/C15H23FN2O3/c1-4-5-6-7-8-11(2)17-13-10-15(21-3)14(18(19)20)9-12(13)16/h9-11,17H,4-8H2,1-3H3. The fourth-order valence-electron chi connectivity index (χ4n) is 2.17. The number of nitrogens with zero attached hydrogens (tertiary/aromatic N) is 1. The molecule has 0 saturated carbocycles. The summed E-state index contributed by atoms with van der Waals surface area (Å²) in [6, 6.07) is 2.34. The van der Waals surface area contributed by atoms with Crippen LogP contribution >= 0.6 is 0 Å². The molecule has 6 heteroatoms. The number of ether oxygens (including phenoxy) is 1. The van der Waals surface area contributed by atoms with E-state index in [0.29, 0.717) is 0 Å². The molecular formula is C15H23FN2O3. The molecule has 21 heavy (non-hydrogen) atoms. The molecule has 0 aliphatic rings. The van der Waals surface area contributed by atoms with Gasteiger partial charge in [-0.1, -0.05) is 32.6 Å². The minimum atomic E-state index is -0.653. The molecule has 0 aliphatic heterocycles. The summed E-state index contributed by atoms with van der Waals surface area (Å²) in [6.07, 6.45) is 5.55. The number of nitro groups is 1. The Morgan fingerprint density at radius 2 is 2.10 bits per heavy atom. The molecule has 0 amide bonds. The summed E-state index contributed by atoms with van der Waals surface area (Å²) in [7, 11) is 1.33. The molecule has 1 aromatic rings. The van der Waals surface area contributed by atoms with Gasteiger partial charge in [-0.05, 0) is 13.3 Å². The number of hydrogen-bond donors (Lipinski definition) is 1. The number of rotatable bonds is 9. The molecule has 0 radical (unpaired) electrons. The third-order valence-electron chi connectivity index (χ3n) is 3.36. The van der Waals surface area contributed by atoms with Gasteiger partial charge in [-0.2, -0.15) is 0 Å². The van der Waals surface area contributed by atoms with Crippen LogP contribution in [-0.4, -0.2) is 18.1 Å². The van der Waals surface area contributed by atoms with Crippen molar-refractivity contribution in [3.8, 4) is 5.75 Å². The Bertz CT molecular complexity index is 480. The van der Waals surface area contributed by atoms with E-state index in [9.17, 15) is 14.5 Å². The zero-order chi connectivity index (χ0) is 15.8. The second-order valence-electron chi connectivity index (χ2n) is 5.16. The molecule has 0 spiro atoms. The first kappa shape index (κ1) is 17.2. The number of halogens is 1. The van der Waals surface area contributed by atoms with E-state index in [1.807, 2.05) is 6.92 Å². The van der Waals surface area contributed by atoms with Crippen molar-refractivity contribution in [3.05, 3.63) is 28.1 Å². The van der Waals surface area contributed by atoms with E-state index in [0.717, 1.165) is 25.3 Å². The Kier molecular flexibility index (Phi) is 6.91. The van der Waals surface area contributed by atoms with E-state index in [1.165, 1.54) is 26.0 Å². The van der Waals surface area contributed by atoms with Gasteiger partial charge in [-0.25, -0.2) is 4.39 Å². The lowest BCUT2D eigenvalue weighted by Gasteiger charge is -2.16. The van der Waals surface area contributed by atoms with E-state index in [1.54, 1.807) is 0 Å². The van der Waals surface area contributed by atoms with Crippen molar-refractivity contribution in [2.24, 2.45) is 0 Å². The van der Waals surface area contributed by atoms with Gasteiger partial charge in [-0.3, -0.25) is 10.1 Å². The van der Waals surface area contributed by atoms with E-state index in [-0.39, 0.29) is 23.2 Å². The highest BCUT2D eigenvalue weighted by Gasteiger charge is 2.19. The normalized spacial score (nSPS) is 12.0. The molecule has 1 rings (SSSR count). The van der Waals surface area contributed by atoms with Crippen LogP contribution in [0.25, 0.3) is 0 Å². The summed E-state index contributed by atoms with van der Waals surface area (Å²) in [5, 5.41) is 13.9. The molecule has 1 aromatic carbocycles. The topological polar surface area (TPSA) is 64.4 Å². The number of anilines is 1. The first-order valence-electron chi connectivity index (χ1n) is 7.28. The molecule has 0 fully saturated rings. The average Bonchev–Trinajstić information content (AvgIpc) is 2.45. The van der Waals surface area contributed by atoms with Crippen LogP contribution in [0.15, 0.2) is 12.1 Å². The maximum absolute atomic E-state index is 13.9. The van der Waals surface area contributed by atoms with E-state index in [4.69, 9.17) is 4.74 Å². The summed E-state index contributed by atoms with van der Waals surface area (Å²) in [4.78, 5) is 10.2. The van der Waals surface area contributed by atoms with Crippen molar-refractivity contribution in [3.63, 3.8) is 0 Å². The zero-order valence-electron chi connectivity index (χ0n) is 12.8. The van der Waals surface area contributed by atoms with Crippen LogP contribution in [0.1, 0.15) is 46.0 Å². The largest absolute Gasteiger partial charge is 0.490 e. The lowest BCUT2D eigenvalue weighted by Crippen LogP contribution is -2.16. The van der Waals surface area contributed by atoms with Gasteiger partial charge in [0.2, 0.25) is 0 Å². The minimum Gasteiger partial charge on any atom is -0.490 e. The number of benzene rings is 1. The molecule has 0 saturated heterocycles. The first-order valence-corrected chi connectivity index (χ1v) is 7.28. The number of nitrogens with one attached hydrogen (secondary N) is 1. The van der Waals surface area contributed by atoms with E-state index >= 15 is 0 Å². The quantitative estimate of drug-likeness (QED) is 0.414. The molecule has 0 aromatic heterocycles. The predicted molar refractivity (Wildman–Crippen MR) is 81.5 cm³/mol. The summed E-state index contributed by atoms with van der Waals surface area (Å²) in [5.41, 5.74) is -0.128. The maximum atomic E-state index is 13.9. The van der Waals surface area contributed by atoms with Gasteiger partial charge in [0.15, 0.2) is 11.6 Å². The molecule has 0 heterocycles. The highest BCUT2D eigenvalue weighted by molar-refractivity contribution is 5.59. The molecule has 0 bridgehead atoms. The van der Waals surface area contributed by atoms with Gasteiger partial charge in [0.1, 0.15) is 0 Å². The summed E-state index contributed by atoms with van der Waals surface area (Å²) in [5.74, 6) is -0.579. The van der Waals surface area contributed by atoms with Crippen LogP contribution in [-0.2, 0) is 0 Å². The van der Waals surface area contributed by atoms with Gasteiger partial charge < -0.3 is 10.1 Å². The number of nitro benzene ring substituents is 1. The van der Waals surface area contributed by atoms with Crippen LogP contribution in [0.3, 0.4) is 0 Å². The fourth-order valence-corrected chi connectivity index (χ4v) is 2.17. The fraction of sp³-hybridized carbons (Fsp3) is 0.600. The summed E-state index contributed by atoms with van der Waals surface area (Å²) >= 11 is 0. The van der Waals surface area contributed by atoms with E-state index < -0.39 is 10.7 Å². The zero-order valence-corrected chi connectivity index (χ0v) is 12.8. The average molecular weight is 298 g/mol. The molecule has 0 aliphatic carbocycles. The highest BCUT2D eigenvalue weighted by Crippen LogP contribution is 2.32. The van der Waals surface area contributed by atoms with Crippen LogP contribution in [0.2, 0.25) is 0 Å². The number of methoxy groups -OCH3 is 1. The Hall–Kier alpha value is -1.85. The molecule has 1 N–H and O–H groups in total. The Morgan fingerprint density at radius 3 is 2.67 bits per heavy atom. The minimum absolute atomic E-state index is 0.0575.